The largest absolute Gasteiger partial charge is 0.492 e. The fourth-order valence-corrected chi connectivity index (χ4v) is 3.07. The van der Waals surface area contributed by atoms with E-state index in [1.54, 1.807) is 0 Å². The van der Waals surface area contributed by atoms with Crippen LogP contribution in [0.15, 0.2) is 18.2 Å². The average molecular weight is 331 g/mol. The minimum Gasteiger partial charge on any atom is -0.492 e. The number of hydrogen-bond donors (Lipinski definition) is 0. The molecular formula is C15H20Cl2N2O2. The van der Waals surface area contributed by atoms with E-state index >= 15 is 0 Å². The lowest BCUT2D eigenvalue weighted by molar-refractivity contribution is -0.110. The van der Waals surface area contributed by atoms with Gasteiger partial charge in [0.25, 0.3) is 0 Å². The monoisotopic (exact) mass is 330 g/mol. The molecule has 1 aromatic carbocycles. The number of benzene rings is 1. The van der Waals surface area contributed by atoms with Crippen molar-refractivity contribution in [3.63, 3.8) is 0 Å². The van der Waals surface area contributed by atoms with Gasteiger partial charge < -0.3 is 14.4 Å². The van der Waals surface area contributed by atoms with E-state index in [4.69, 9.17) is 27.9 Å². The van der Waals surface area contributed by atoms with Gasteiger partial charge in [0.15, 0.2) is 6.29 Å². The number of carbonyl (C=O) groups excluding carboxylic acids is 1. The van der Waals surface area contributed by atoms with E-state index in [9.17, 15) is 4.79 Å². The summed E-state index contributed by atoms with van der Waals surface area (Å²) in [6, 6.07) is 6.02. The first-order valence-corrected chi connectivity index (χ1v) is 7.90. The predicted octanol–water partition coefficient (Wildman–Crippen LogP) is 3.01. The Morgan fingerprint density at radius 1 is 1.48 bits per heavy atom. The molecule has 0 aromatic heterocycles. The van der Waals surface area contributed by atoms with Crippen LogP contribution < -0.4 is 9.64 Å². The van der Waals surface area contributed by atoms with E-state index in [-0.39, 0.29) is 6.04 Å². The van der Waals surface area contributed by atoms with Gasteiger partial charge in [0.1, 0.15) is 11.3 Å². The highest BCUT2D eigenvalue weighted by molar-refractivity contribution is 6.32. The number of anilines is 1. The van der Waals surface area contributed by atoms with Crippen LogP contribution in [0, 0.1) is 0 Å². The molecule has 0 radical (unpaired) electrons. The van der Waals surface area contributed by atoms with Crippen LogP contribution in [0.4, 0.5) is 5.69 Å². The average Bonchev–Trinajstić information content (AvgIpc) is 2.49. The van der Waals surface area contributed by atoms with Crippen molar-refractivity contribution in [2.75, 3.05) is 31.1 Å². The molecule has 0 aliphatic carbocycles. The summed E-state index contributed by atoms with van der Waals surface area (Å²) >= 11 is 12.1. The Labute approximate surface area is 135 Å². The molecule has 2 atom stereocenters. The maximum atomic E-state index is 10.8. The number of hydrogen-bond acceptors (Lipinski definition) is 4. The topological polar surface area (TPSA) is 32.8 Å². The zero-order valence-electron chi connectivity index (χ0n) is 12.3. The van der Waals surface area contributed by atoms with Crippen LogP contribution >= 0.6 is 23.2 Å². The van der Waals surface area contributed by atoms with Gasteiger partial charge in [0, 0.05) is 37.4 Å². The summed E-state index contributed by atoms with van der Waals surface area (Å²) in [5.74, 6) is 0.704. The van der Waals surface area contributed by atoms with Gasteiger partial charge in [-0.3, -0.25) is 4.90 Å². The first kappa shape index (κ1) is 16.4. The van der Waals surface area contributed by atoms with Crippen molar-refractivity contribution in [3.05, 3.63) is 23.2 Å². The molecule has 1 aromatic rings. The minimum absolute atomic E-state index is 0.206. The summed E-state index contributed by atoms with van der Waals surface area (Å²) in [6.45, 7) is 6.97. The SMILES string of the molecule is CCOc1cc(N2CCN(C(Cl)C=O)[C@@H](C)C2)ccc1Cl. The van der Waals surface area contributed by atoms with E-state index in [1.807, 2.05) is 30.0 Å². The Bertz CT molecular complexity index is 499. The highest BCUT2D eigenvalue weighted by atomic mass is 35.5. The molecule has 21 heavy (non-hydrogen) atoms. The summed E-state index contributed by atoms with van der Waals surface area (Å²) < 4.78 is 5.54. The molecule has 0 bridgehead atoms. The highest BCUT2D eigenvalue weighted by Gasteiger charge is 2.28. The Kier molecular flexibility index (Phi) is 5.73. The van der Waals surface area contributed by atoms with Gasteiger partial charge >= 0.3 is 0 Å². The van der Waals surface area contributed by atoms with Crippen molar-refractivity contribution in [3.8, 4) is 5.75 Å². The molecule has 1 saturated heterocycles. The van der Waals surface area contributed by atoms with Gasteiger partial charge in [-0.05, 0) is 26.0 Å². The summed E-state index contributed by atoms with van der Waals surface area (Å²) in [7, 11) is 0. The molecule has 116 valence electrons. The zero-order valence-corrected chi connectivity index (χ0v) is 13.8. The number of carbonyl (C=O) groups is 1. The van der Waals surface area contributed by atoms with Crippen LogP contribution in [0.25, 0.3) is 0 Å². The molecule has 4 nitrogen and oxygen atoms in total. The molecule has 0 N–H and O–H groups in total. The highest BCUT2D eigenvalue weighted by Crippen LogP contribution is 2.31. The van der Waals surface area contributed by atoms with E-state index in [0.717, 1.165) is 31.6 Å². The van der Waals surface area contributed by atoms with E-state index in [0.29, 0.717) is 17.4 Å². The quantitative estimate of drug-likeness (QED) is 0.472. The molecule has 1 aliphatic rings. The molecular weight excluding hydrogens is 311 g/mol. The Balaban J connectivity index is 2.10. The number of aldehydes is 1. The van der Waals surface area contributed by atoms with Gasteiger partial charge in [0.2, 0.25) is 0 Å². The van der Waals surface area contributed by atoms with Crippen molar-refractivity contribution in [1.29, 1.82) is 0 Å². The number of nitrogens with zero attached hydrogens (tertiary/aromatic N) is 2. The maximum Gasteiger partial charge on any atom is 0.152 e. The second-order valence-corrected chi connectivity index (χ2v) is 5.94. The third-order valence-electron chi connectivity index (χ3n) is 3.69. The Morgan fingerprint density at radius 3 is 2.86 bits per heavy atom. The van der Waals surface area contributed by atoms with Gasteiger partial charge in [-0.1, -0.05) is 23.2 Å². The van der Waals surface area contributed by atoms with Crippen LogP contribution in [-0.4, -0.2) is 49.0 Å². The van der Waals surface area contributed by atoms with Crippen molar-refractivity contribution in [1.82, 2.24) is 4.90 Å². The molecule has 0 spiro atoms. The van der Waals surface area contributed by atoms with Gasteiger partial charge in [0.05, 0.1) is 11.6 Å². The van der Waals surface area contributed by atoms with Gasteiger partial charge in [-0.2, -0.15) is 0 Å². The lowest BCUT2D eigenvalue weighted by Gasteiger charge is -2.41. The number of halogens is 2. The molecule has 6 heteroatoms. The van der Waals surface area contributed by atoms with Crippen LogP contribution in [0.2, 0.25) is 5.02 Å². The van der Waals surface area contributed by atoms with E-state index in [1.165, 1.54) is 0 Å². The Hall–Kier alpha value is -0.970. The standard InChI is InChI=1S/C15H20Cl2N2O2/c1-3-21-14-8-12(4-5-13(14)16)18-6-7-19(11(2)9-18)15(17)10-20/h4-5,8,10-11,15H,3,6-7,9H2,1-2H3/t11-,15?/m0/s1. The molecule has 1 heterocycles. The van der Waals surface area contributed by atoms with Crippen molar-refractivity contribution in [2.24, 2.45) is 0 Å². The maximum absolute atomic E-state index is 10.8. The number of rotatable bonds is 5. The number of piperazine rings is 1. The van der Waals surface area contributed by atoms with Crippen molar-refractivity contribution in [2.45, 2.75) is 25.4 Å². The molecule has 0 amide bonds. The molecule has 1 fully saturated rings. The molecule has 0 saturated carbocycles. The molecule has 1 aliphatic heterocycles. The summed E-state index contributed by atoms with van der Waals surface area (Å²) in [6.07, 6.45) is 0.781. The minimum atomic E-state index is -0.550. The summed E-state index contributed by atoms with van der Waals surface area (Å²) in [5, 5.41) is 0.620. The smallest absolute Gasteiger partial charge is 0.152 e. The molecule has 1 unspecified atom stereocenters. The second-order valence-electron chi connectivity index (χ2n) is 5.09. The first-order valence-electron chi connectivity index (χ1n) is 7.09. The lowest BCUT2D eigenvalue weighted by Crippen LogP contribution is -2.54. The zero-order chi connectivity index (χ0) is 15.4. The summed E-state index contributed by atoms with van der Waals surface area (Å²) in [5.41, 5.74) is 0.526. The fraction of sp³-hybridized carbons (Fsp3) is 0.533. The number of ether oxygens (including phenoxy) is 1. The second kappa shape index (κ2) is 7.34. The first-order chi connectivity index (χ1) is 10.1. The third-order valence-corrected chi connectivity index (χ3v) is 4.35. The fourth-order valence-electron chi connectivity index (χ4n) is 2.61. The predicted molar refractivity (Wildman–Crippen MR) is 86.7 cm³/mol. The Morgan fingerprint density at radius 2 is 2.24 bits per heavy atom. The van der Waals surface area contributed by atoms with Crippen LogP contribution in [0.5, 0.6) is 5.75 Å². The normalized spacial score (nSPS) is 21.1. The van der Waals surface area contributed by atoms with Crippen LogP contribution in [0.3, 0.4) is 0 Å². The van der Waals surface area contributed by atoms with Crippen LogP contribution in [0.1, 0.15) is 13.8 Å². The van der Waals surface area contributed by atoms with E-state index < -0.39 is 5.50 Å². The van der Waals surface area contributed by atoms with Crippen LogP contribution in [-0.2, 0) is 4.79 Å². The summed E-state index contributed by atoms with van der Waals surface area (Å²) in [4.78, 5) is 15.1. The third kappa shape index (κ3) is 3.82. The van der Waals surface area contributed by atoms with Gasteiger partial charge in [-0.25, -0.2) is 0 Å². The number of alkyl halides is 1. The van der Waals surface area contributed by atoms with Crippen molar-refractivity contribution < 1.29 is 9.53 Å². The van der Waals surface area contributed by atoms with Gasteiger partial charge in [-0.15, -0.1) is 0 Å². The van der Waals surface area contributed by atoms with Crippen molar-refractivity contribution >= 4 is 35.2 Å². The van der Waals surface area contributed by atoms with E-state index in [2.05, 4.69) is 11.8 Å². The lowest BCUT2D eigenvalue weighted by atomic mass is 10.1. The molecule has 2 rings (SSSR count).